The van der Waals surface area contributed by atoms with Crippen molar-refractivity contribution in [1.29, 1.82) is 0 Å². The van der Waals surface area contributed by atoms with Crippen LogP contribution in [0.15, 0.2) is 0 Å². The van der Waals surface area contributed by atoms with E-state index >= 15 is 0 Å². The zero-order valence-corrected chi connectivity index (χ0v) is 12.2. The minimum Gasteiger partial charge on any atom is -0.314 e. The highest BCUT2D eigenvalue weighted by Gasteiger charge is 2.19. The van der Waals surface area contributed by atoms with E-state index in [0.717, 1.165) is 18.5 Å². The van der Waals surface area contributed by atoms with Crippen LogP contribution < -0.4 is 5.32 Å². The molecule has 0 bridgehead atoms. The summed E-state index contributed by atoms with van der Waals surface area (Å²) in [6, 6.07) is 0.753. The molecule has 0 amide bonds. The summed E-state index contributed by atoms with van der Waals surface area (Å²) in [5.41, 5.74) is 0. The van der Waals surface area contributed by atoms with Gasteiger partial charge >= 0.3 is 0 Å². The van der Waals surface area contributed by atoms with E-state index in [-0.39, 0.29) is 0 Å². The van der Waals surface area contributed by atoms with Crippen molar-refractivity contribution in [3.8, 4) is 0 Å². The Labute approximate surface area is 108 Å². The van der Waals surface area contributed by atoms with Crippen LogP contribution in [0.4, 0.5) is 0 Å². The van der Waals surface area contributed by atoms with Crippen LogP contribution in [0.5, 0.6) is 0 Å². The minimum absolute atomic E-state index is 0.753. The average molecular weight is 240 g/mol. The Morgan fingerprint density at radius 3 is 2.29 bits per heavy atom. The SMILES string of the molecule is CCNC(CCN(CC)CC)CC1CCCC1. The van der Waals surface area contributed by atoms with Gasteiger partial charge in [-0.25, -0.2) is 0 Å². The van der Waals surface area contributed by atoms with Gasteiger partial charge in [0.05, 0.1) is 0 Å². The second-order valence-corrected chi connectivity index (χ2v) is 5.46. The van der Waals surface area contributed by atoms with Crippen molar-refractivity contribution in [3.05, 3.63) is 0 Å². The third kappa shape index (κ3) is 5.87. The van der Waals surface area contributed by atoms with Crippen LogP contribution in [0, 0.1) is 5.92 Å². The molecule has 1 aliphatic rings. The van der Waals surface area contributed by atoms with Crippen LogP contribution in [0.3, 0.4) is 0 Å². The number of nitrogens with one attached hydrogen (secondary N) is 1. The Morgan fingerprint density at radius 2 is 1.76 bits per heavy atom. The van der Waals surface area contributed by atoms with Gasteiger partial charge in [-0.05, 0) is 44.9 Å². The predicted octanol–water partition coefficient (Wildman–Crippen LogP) is 3.28. The minimum atomic E-state index is 0.753. The van der Waals surface area contributed by atoms with Gasteiger partial charge < -0.3 is 10.2 Å². The molecule has 0 aromatic heterocycles. The molecule has 0 spiro atoms. The van der Waals surface area contributed by atoms with Gasteiger partial charge in [-0.1, -0.05) is 46.5 Å². The van der Waals surface area contributed by atoms with E-state index in [2.05, 4.69) is 31.0 Å². The van der Waals surface area contributed by atoms with E-state index in [1.807, 2.05) is 0 Å². The molecule has 0 aliphatic heterocycles. The van der Waals surface area contributed by atoms with Crippen molar-refractivity contribution < 1.29 is 0 Å². The molecule has 1 aliphatic carbocycles. The van der Waals surface area contributed by atoms with Crippen molar-refractivity contribution in [2.45, 2.75) is 65.3 Å². The molecule has 0 radical (unpaired) electrons. The van der Waals surface area contributed by atoms with Crippen molar-refractivity contribution >= 4 is 0 Å². The first-order valence-electron chi connectivity index (χ1n) is 7.75. The molecular weight excluding hydrogens is 208 g/mol. The van der Waals surface area contributed by atoms with E-state index in [1.54, 1.807) is 0 Å². The van der Waals surface area contributed by atoms with E-state index in [4.69, 9.17) is 0 Å². The van der Waals surface area contributed by atoms with Crippen LogP contribution in [0.2, 0.25) is 0 Å². The van der Waals surface area contributed by atoms with E-state index in [0.29, 0.717) is 0 Å². The lowest BCUT2D eigenvalue weighted by Gasteiger charge is -2.25. The fraction of sp³-hybridized carbons (Fsp3) is 1.00. The molecule has 1 atom stereocenters. The van der Waals surface area contributed by atoms with Crippen LogP contribution >= 0.6 is 0 Å². The van der Waals surface area contributed by atoms with Gasteiger partial charge in [0.2, 0.25) is 0 Å². The average Bonchev–Trinajstić information content (AvgIpc) is 2.83. The lowest BCUT2D eigenvalue weighted by atomic mass is 9.96. The number of nitrogens with zero attached hydrogens (tertiary/aromatic N) is 1. The highest BCUT2D eigenvalue weighted by atomic mass is 15.1. The van der Waals surface area contributed by atoms with Gasteiger partial charge in [0.25, 0.3) is 0 Å². The Bertz CT molecular complexity index is 172. The molecule has 0 heterocycles. The molecule has 1 unspecified atom stereocenters. The van der Waals surface area contributed by atoms with E-state index < -0.39 is 0 Å². The summed E-state index contributed by atoms with van der Waals surface area (Å²) in [5, 5.41) is 3.69. The normalized spacial score (nSPS) is 19.1. The van der Waals surface area contributed by atoms with Crippen molar-refractivity contribution in [2.75, 3.05) is 26.2 Å². The second-order valence-electron chi connectivity index (χ2n) is 5.46. The molecule has 1 saturated carbocycles. The number of rotatable bonds is 9. The Balaban J connectivity index is 2.26. The highest BCUT2D eigenvalue weighted by Crippen LogP contribution is 2.29. The molecule has 1 N–H and O–H groups in total. The quantitative estimate of drug-likeness (QED) is 0.665. The highest BCUT2D eigenvalue weighted by molar-refractivity contribution is 4.76. The lowest BCUT2D eigenvalue weighted by Crippen LogP contribution is -2.35. The topological polar surface area (TPSA) is 15.3 Å². The molecular formula is C15H32N2. The predicted molar refractivity (Wildman–Crippen MR) is 76.4 cm³/mol. The largest absolute Gasteiger partial charge is 0.314 e. The molecule has 2 nitrogen and oxygen atoms in total. The lowest BCUT2D eigenvalue weighted by molar-refractivity contribution is 0.268. The first kappa shape index (κ1) is 15.0. The van der Waals surface area contributed by atoms with Crippen molar-refractivity contribution in [1.82, 2.24) is 10.2 Å². The summed E-state index contributed by atoms with van der Waals surface area (Å²) in [6.07, 6.45) is 8.64. The Morgan fingerprint density at radius 1 is 1.12 bits per heavy atom. The second kappa shape index (κ2) is 8.93. The fourth-order valence-corrected chi connectivity index (χ4v) is 3.12. The first-order valence-corrected chi connectivity index (χ1v) is 7.75. The van der Waals surface area contributed by atoms with Crippen molar-refractivity contribution in [2.24, 2.45) is 5.92 Å². The van der Waals surface area contributed by atoms with Gasteiger partial charge in [-0.3, -0.25) is 0 Å². The van der Waals surface area contributed by atoms with Crippen LogP contribution in [0.1, 0.15) is 59.3 Å². The molecule has 102 valence electrons. The molecule has 0 aromatic rings. The van der Waals surface area contributed by atoms with Gasteiger partial charge in [0, 0.05) is 6.04 Å². The van der Waals surface area contributed by atoms with Crippen molar-refractivity contribution in [3.63, 3.8) is 0 Å². The molecule has 2 heteroatoms. The number of hydrogen-bond donors (Lipinski definition) is 1. The molecule has 0 saturated heterocycles. The Hall–Kier alpha value is -0.0800. The summed E-state index contributed by atoms with van der Waals surface area (Å²) in [4.78, 5) is 2.54. The van der Waals surface area contributed by atoms with Crippen LogP contribution in [-0.4, -0.2) is 37.1 Å². The summed E-state index contributed by atoms with van der Waals surface area (Å²) in [5.74, 6) is 1.01. The maximum atomic E-state index is 3.69. The number of hydrogen-bond acceptors (Lipinski definition) is 2. The van der Waals surface area contributed by atoms with Gasteiger partial charge in [0.15, 0.2) is 0 Å². The van der Waals surface area contributed by atoms with Crippen LogP contribution in [0.25, 0.3) is 0 Å². The van der Waals surface area contributed by atoms with E-state index in [9.17, 15) is 0 Å². The fourth-order valence-electron chi connectivity index (χ4n) is 3.12. The monoisotopic (exact) mass is 240 g/mol. The van der Waals surface area contributed by atoms with Gasteiger partial charge in [-0.2, -0.15) is 0 Å². The smallest absolute Gasteiger partial charge is 0.00817 e. The van der Waals surface area contributed by atoms with Gasteiger partial charge in [-0.15, -0.1) is 0 Å². The molecule has 17 heavy (non-hydrogen) atoms. The molecule has 1 rings (SSSR count). The maximum absolute atomic E-state index is 3.69. The third-order valence-corrected chi connectivity index (χ3v) is 4.27. The van der Waals surface area contributed by atoms with Crippen LogP contribution in [-0.2, 0) is 0 Å². The zero-order chi connectivity index (χ0) is 12.5. The molecule has 1 fully saturated rings. The first-order chi connectivity index (χ1) is 8.30. The van der Waals surface area contributed by atoms with E-state index in [1.165, 1.54) is 58.2 Å². The zero-order valence-electron chi connectivity index (χ0n) is 12.2. The standard InChI is InChI=1S/C15H32N2/c1-4-16-15(11-12-17(5-2)6-3)13-14-9-7-8-10-14/h14-16H,4-13H2,1-3H3. The third-order valence-electron chi connectivity index (χ3n) is 4.27. The summed E-state index contributed by atoms with van der Waals surface area (Å²) >= 11 is 0. The summed E-state index contributed by atoms with van der Waals surface area (Å²) in [7, 11) is 0. The summed E-state index contributed by atoms with van der Waals surface area (Å²) in [6.45, 7) is 11.5. The molecule has 0 aromatic carbocycles. The Kier molecular flexibility index (Phi) is 7.87. The summed E-state index contributed by atoms with van der Waals surface area (Å²) < 4.78 is 0. The van der Waals surface area contributed by atoms with Gasteiger partial charge in [0.1, 0.15) is 0 Å². The maximum Gasteiger partial charge on any atom is 0.00817 e.